The molecule has 0 aliphatic rings. The van der Waals surface area contributed by atoms with E-state index in [4.69, 9.17) is 9.47 Å². The van der Waals surface area contributed by atoms with Gasteiger partial charge in [0.05, 0.1) is 20.8 Å². The van der Waals surface area contributed by atoms with E-state index in [2.05, 4.69) is 11.3 Å². The summed E-state index contributed by atoms with van der Waals surface area (Å²) < 4.78 is 15.9. The Morgan fingerprint density at radius 3 is 2.32 bits per heavy atom. The Bertz CT molecular complexity index is 511. The second-order valence-electron chi connectivity index (χ2n) is 6.13. The minimum absolute atomic E-state index is 0.106. The molecule has 0 spiro atoms. The number of benzene rings is 1. The number of unbranched alkanes of at least 4 members (excludes halogenated alkanes) is 6. The Labute approximate surface area is 152 Å². The monoisotopic (exact) mass is 348 g/mol. The zero-order valence-corrected chi connectivity index (χ0v) is 15.7. The average molecular weight is 348 g/mol. The lowest BCUT2D eigenvalue weighted by Gasteiger charge is -2.12. The van der Waals surface area contributed by atoms with Gasteiger partial charge in [-0.2, -0.15) is 0 Å². The number of esters is 1. The van der Waals surface area contributed by atoms with Gasteiger partial charge in [0.25, 0.3) is 0 Å². The van der Waals surface area contributed by atoms with Crippen molar-refractivity contribution in [2.75, 3.05) is 20.8 Å². The van der Waals surface area contributed by atoms with Crippen molar-refractivity contribution >= 4 is 5.97 Å². The van der Waals surface area contributed by atoms with E-state index in [1.54, 1.807) is 7.11 Å². The molecule has 0 N–H and O–H groups in total. The number of carbonyl (C=O) groups is 1. The van der Waals surface area contributed by atoms with Crippen molar-refractivity contribution in [3.63, 3.8) is 0 Å². The molecule has 1 aromatic carbocycles. The van der Waals surface area contributed by atoms with Crippen LogP contribution in [0.25, 0.3) is 0 Å². The van der Waals surface area contributed by atoms with Crippen LogP contribution >= 0.6 is 0 Å². The summed E-state index contributed by atoms with van der Waals surface area (Å²) in [4.78, 5) is 11.0. The number of rotatable bonds is 14. The third-order valence-electron chi connectivity index (χ3n) is 4.12. The molecule has 0 amide bonds. The maximum Gasteiger partial charge on any atom is 0.305 e. The molecule has 0 aromatic heterocycles. The maximum absolute atomic E-state index is 11.0. The topological polar surface area (TPSA) is 44.8 Å². The largest absolute Gasteiger partial charge is 0.493 e. The fourth-order valence-electron chi connectivity index (χ4n) is 2.66. The molecule has 0 unspecified atom stereocenters. The Kier molecular flexibility index (Phi) is 11.2. The molecule has 0 fully saturated rings. The number of methoxy groups -OCH3 is 2. The lowest BCUT2D eigenvalue weighted by molar-refractivity contribution is -0.140. The van der Waals surface area contributed by atoms with Gasteiger partial charge in [-0.3, -0.25) is 4.79 Å². The average Bonchev–Trinajstić information content (AvgIpc) is 2.63. The quantitative estimate of drug-likeness (QED) is 0.267. The minimum Gasteiger partial charge on any atom is -0.493 e. The van der Waals surface area contributed by atoms with Crippen molar-refractivity contribution in [3.8, 4) is 11.5 Å². The molecule has 0 heterocycles. The number of carbonyl (C=O) groups excluding carboxylic acids is 1. The lowest BCUT2D eigenvalue weighted by Crippen LogP contribution is -2.00. The van der Waals surface area contributed by atoms with E-state index in [1.165, 1.54) is 31.9 Å². The predicted molar refractivity (Wildman–Crippen MR) is 101 cm³/mol. The Morgan fingerprint density at radius 2 is 1.68 bits per heavy atom. The first-order valence-corrected chi connectivity index (χ1v) is 9.18. The van der Waals surface area contributed by atoms with Crippen LogP contribution in [-0.4, -0.2) is 26.8 Å². The second kappa shape index (κ2) is 13.3. The Balaban J connectivity index is 2.09. The van der Waals surface area contributed by atoms with E-state index < -0.39 is 0 Å². The van der Waals surface area contributed by atoms with Crippen LogP contribution in [0.5, 0.6) is 11.5 Å². The highest BCUT2D eigenvalue weighted by molar-refractivity contribution is 5.68. The third-order valence-corrected chi connectivity index (χ3v) is 4.12. The molecule has 0 aliphatic heterocycles. The van der Waals surface area contributed by atoms with Crippen LogP contribution in [0, 0.1) is 0 Å². The van der Waals surface area contributed by atoms with Gasteiger partial charge in [0, 0.05) is 6.42 Å². The second-order valence-corrected chi connectivity index (χ2v) is 6.13. The first kappa shape index (κ1) is 21.1. The third kappa shape index (κ3) is 9.18. The predicted octanol–water partition coefficient (Wildman–Crippen LogP) is 5.10. The molecule has 0 saturated carbocycles. The highest BCUT2D eigenvalue weighted by Crippen LogP contribution is 2.28. The van der Waals surface area contributed by atoms with Crippen molar-refractivity contribution in [2.24, 2.45) is 0 Å². The molecule has 1 rings (SSSR count). The standard InChI is InChI=1S/C21H32O4/c1-4-12-18-14-15-19(20(17-18)23-2)25-16-11-9-7-5-6-8-10-13-21(22)24-3/h4,14-15,17H,1,5-13,16H2,2-3H3. The summed E-state index contributed by atoms with van der Waals surface area (Å²) in [6, 6.07) is 6.03. The van der Waals surface area contributed by atoms with E-state index in [9.17, 15) is 4.79 Å². The molecular weight excluding hydrogens is 316 g/mol. The molecule has 0 bridgehead atoms. The van der Waals surface area contributed by atoms with Crippen LogP contribution in [0.3, 0.4) is 0 Å². The summed E-state index contributed by atoms with van der Waals surface area (Å²) in [5.41, 5.74) is 1.17. The van der Waals surface area contributed by atoms with Crippen molar-refractivity contribution in [3.05, 3.63) is 36.4 Å². The molecule has 0 atom stereocenters. The fraction of sp³-hybridized carbons (Fsp3) is 0.571. The van der Waals surface area contributed by atoms with Crippen molar-refractivity contribution in [1.82, 2.24) is 0 Å². The first-order chi connectivity index (χ1) is 12.2. The summed E-state index contributed by atoms with van der Waals surface area (Å²) in [5.74, 6) is 1.48. The van der Waals surface area contributed by atoms with Crippen LogP contribution in [0.4, 0.5) is 0 Å². The van der Waals surface area contributed by atoms with Crippen molar-refractivity contribution in [2.45, 2.75) is 57.8 Å². The van der Waals surface area contributed by atoms with E-state index >= 15 is 0 Å². The van der Waals surface area contributed by atoms with Gasteiger partial charge in [-0.25, -0.2) is 0 Å². The Morgan fingerprint density at radius 1 is 1.00 bits per heavy atom. The highest BCUT2D eigenvalue weighted by atomic mass is 16.5. The normalized spacial score (nSPS) is 10.3. The van der Waals surface area contributed by atoms with E-state index in [-0.39, 0.29) is 5.97 Å². The van der Waals surface area contributed by atoms with Crippen molar-refractivity contribution < 1.29 is 19.0 Å². The van der Waals surface area contributed by atoms with Gasteiger partial charge in [0.1, 0.15) is 0 Å². The van der Waals surface area contributed by atoms with Gasteiger partial charge in [-0.05, 0) is 37.0 Å². The summed E-state index contributed by atoms with van der Waals surface area (Å²) in [7, 11) is 3.11. The summed E-state index contributed by atoms with van der Waals surface area (Å²) in [6.45, 7) is 4.46. The van der Waals surface area contributed by atoms with Gasteiger partial charge in [0.15, 0.2) is 11.5 Å². The number of ether oxygens (including phenoxy) is 3. The SMILES string of the molecule is C=CCc1ccc(OCCCCCCCCCC(=O)OC)c(OC)c1. The summed E-state index contributed by atoms with van der Waals surface area (Å²) in [6.07, 6.45) is 11.1. The first-order valence-electron chi connectivity index (χ1n) is 9.18. The van der Waals surface area contributed by atoms with Crippen molar-refractivity contribution in [1.29, 1.82) is 0 Å². The molecule has 25 heavy (non-hydrogen) atoms. The number of hydrogen-bond donors (Lipinski definition) is 0. The smallest absolute Gasteiger partial charge is 0.305 e. The molecule has 0 radical (unpaired) electrons. The van der Waals surface area contributed by atoms with E-state index in [0.29, 0.717) is 13.0 Å². The molecular formula is C21H32O4. The van der Waals surface area contributed by atoms with E-state index in [1.807, 2.05) is 24.3 Å². The van der Waals surface area contributed by atoms with Gasteiger partial charge in [-0.1, -0.05) is 44.2 Å². The van der Waals surface area contributed by atoms with Crippen LogP contribution in [0.2, 0.25) is 0 Å². The lowest BCUT2D eigenvalue weighted by atomic mass is 10.1. The molecule has 140 valence electrons. The summed E-state index contributed by atoms with van der Waals surface area (Å²) in [5, 5.41) is 0. The van der Waals surface area contributed by atoms with Crippen LogP contribution in [-0.2, 0) is 16.0 Å². The zero-order chi connectivity index (χ0) is 18.3. The Hall–Kier alpha value is -1.97. The number of hydrogen-bond acceptors (Lipinski definition) is 4. The molecule has 0 aliphatic carbocycles. The van der Waals surface area contributed by atoms with Crippen LogP contribution < -0.4 is 9.47 Å². The van der Waals surface area contributed by atoms with Gasteiger partial charge < -0.3 is 14.2 Å². The number of allylic oxidation sites excluding steroid dienone is 1. The van der Waals surface area contributed by atoms with E-state index in [0.717, 1.165) is 43.6 Å². The summed E-state index contributed by atoms with van der Waals surface area (Å²) >= 11 is 0. The van der Waals surface area contributed by atoms with Crippen LogP contribution in [0.1, 0.15) is 56.9 Å². The fourth-order valence-corrected chi connectivity index (χ4v) is 2.66. The molecule has 1 aromatic rings. The molecule has 4 nitrogen and oxygen atoms in total. The van der Waals surface area contributed by atoms with Crippen LogP contribution in [0.15, 0.2) is 30.9 Å². The van der Waals surface area contributed by atoms with Gasteiger partial charge in [-0.15, -0.1) is 6.58 Å². The molecule has 0 saturated heterocycles. The molecule has 4 heteroatoms. The van der Waals surface area contributed by atoms with Gasteiger partial charge >= 0.3 is 5.97 Å². The minimum atomic E-state index is -0.106. The zero-order valence-electron chi connectivity index (χ0n) is 15.7. The maximum atomic E-state index is 11.0. The van der Waals surface area contributed by atoms with Gasteiger partial charge in [0.2, 0.25) is 0 Å². The highest BCUT2D eigenvalue weighted by Gasteiger charge is 2.05.